The van der Waals surface area contributed by atoms with Crippen LogP contribution >= 0.6 is 24.8 Å². The van der Waals surface area contributed by atoms with Gasteiger partial charge in [0.2, 0.25) is 0 Å². The van der Waals surface area contributed by atoms with Crippen LogP contribution in [0.15, 0.2) is 64.8 Å². The molecule has 0 aliphatic rings. The van der Waals surface area contributed by atoms with Crippen molar-refractivity contribution in [2.75, 3.05) is 7.11 Å². The smallest absolute Gasteiger partial charge is 0.158 e. The Hall–Kier alpha value is -2.51. The van der Waals surface area contributed by atoms with Crippen LogP contribution in [0, 0.1) is 6.92 Å². The van der Waals surface area contributed by atoms with Gasteiger partial charge >= 0.3 is 0 Å². The van der Waals surface area contributed by atoms with Gasteiger partial charge in [-0.2, -0.15) is 10.2 Å². The second-order valence-corrected chi connectivity index (χ2v) is 6.36. The fourth-order valence-corrected chi connectivity index (χ4v) is 2.74. The van der Waals surface area contributed by atoms with Crippen LogP contribution in [0.1, 0.15) is 5.69 Å². The van der Waals surface area contributed by atoms with Gasteiger partial charge in [-0.3, -0.25) is 0 Å². The molecule has 2 aromatic carbocycles. The molecule has 126 valence electrons. The van der Waals surface area contributed by atoms with Crippen LogP contribution < -0.4 is 4.74 Å². The Bertz CT molecular complexity index is 936. The normalized spacial score (nSPS) is 11.0. The van der Waals surface area contributed by atoms with E-state index in [1.165, 1.54) is 0 Å². The largest absolute Gasteiger partial charge is 0.497 e. The first-order valence-electron chi connectivity index (χ1n) is 7.54. The Morgan fingerprint density at radius 2 is 1.88 bits per heavy atom. The molecule has 25 heavy (non-hydrogen) atoms. The van der Waals surface area contributed by atoms with Crippen molar-refractivity contribution in [1.82, 2.24) is 9.78 Å². The van der Waals surface area contributed by atoms with Gasteiger partial charge in [0.15, 0.2) is 4.32 Å². The second kappa shape index (κ2) is 7.58. The van der Waals surface area contributed by atoms with E-state index in [2.05, 4.69) is 28.0 Å². The number of rotatable bonds is 4. The minimum absolute atomic E-state index is 0.359. The molecule has 1 aromatic heterocycles. The number of azo groups is 1. The number of thiol groups is 1. The molecule has 1 heterocycles. The lowest BCUT2D eigenvalue weighted by atomic mass is 10.1. The lowest BCUT2D eigenvalue weighted by molar-refractivity contribution is 0.415. The van der Waals surface area contributed by atoms with Gasteiger partial charge in [-0.25, -0.2) is 4.68 Å². The average Bonchev–Trinajstić information content (AvgIpc) is 2.97. The van der Waals surface area contributed by atoms with Crippen molar-refractivity contribution in [3.63, 3.8) is 0 Å². The summed E-state index contributed by atoms with van der Waals surface area (Å²) >= 11 is 9.40. The number of benzene rings is 2. The molecule has 0 atom stereocenters. The summed E-state index contributed by atoms with van der Waals surface area (Å²) in [5, 5.41) is 13.3. The van der Waals surface area contributed by atoms with E-state index in [1.54, 1.807) is 11.8 Å². The molecule has 0 aliphatic heterocycles. The quantitative estimate of drug-likeness (QED) is 0.384. The summed E-state index contributed by atoms with van der Waals surface area (Å²) in [7, 11) is 1.62. The predicted molar refractivity (Wildman–Crippen MR) is 107 cm³/mol. The highest BCUT2D eigenvalue weighted by Gasteiger charge is 2.17. The Morgan fingerprint density at radius 3 is 2.56 bits per heavy atom. The van der Waals surface area contributed by atoms with E-state index < -0.39 is 0 Å². The Morgan fingerprint density at radius 1 is 1.12 bits per heavy atom. The van der Waals surface area contributed by atoms with Crippen LogP contribution in [0.25, 0.3) is 11.3 Å². The van der Waals surface area contributed by atoms with Gasteiger partial charge in [-0.1, -0.05) is 48.6 Å². The predicted octanol–water partition coefficient (Wildman–Crippen LogP) is 5.35. The molecule has 0 bridgehead atoms. The van der Waals surface area contributed by atoms with Crippen molar-refractivity contribution in [1.29, 1.82) is 0 Å². The van der Waals surface area contributed by atoms with Crippen LogP contribution in [-0.4, -0.2) is 21.2 Å². The zero-order chi connectivity index (χ0) is 17.8. The van der Waals surface area contributed by atoms with Crippen LogP contribution in [0.3, 0.4) is 0 Å². The monoisotopic (exact) mass is 368 g/mol. The molecule has 0 N–H and O–H groups in total. The molecule has 0 unspecified atom stereocenters. The zero-order valence-electron chi connectivity index (χ0n) is 13.7. The number of aromatic nitrogens is 2. The van der Waals surface area contributed by atoms with E-state index in [0.717, 1.165) is 17.0 Å². The van der Waals surface area contributed by atoms with Gasteiger partial charge in [-0.05, 0) is 19.1 Å². The molecule has 3 rings (SSSR count). The molecule has 5 nitrogen and oxygen atoms in total. The first-order valence-corrected chi connectivity index (χ1v) is 8.40. The number of nitrogens with zero attached hydrogens (tertiary/aromatic N) is 4. The Labute approximate surface area is 156 Å². The first kappa shape index (κ1) is 17.3. The molecule has 3 aromatic rings. The van der Waals surface area contributed by atoms with Crippen LogP contribution in [0.5, 0.6) is 5.75 Å². The van der Waals surface area contributed by atoms with E-state index in [0.29, 0.717) is 21.4 Å². The standard InChI is InChI=1S/C18H16N4OS2/c1-12-16(20-19-14-9-6-10-15(11-14)23-2)17(21-22(12)18(24)25)13-7-4-3-5-8-13/h3-11H,1-2H3,(H,24,25). The zero-order valence-corrected chi connectivity index (χ0v) is 15.5. The van der Waals surface area contributed by atoms with Crippen molar-refractivity contribution in [2.24, 2.45) is 10.2 Å². The van der Waals surface area contributed by atoms with Crippen molar-refractivity contribution < 1.29 is 4.74 Å². The van der Waals surface area contributed by atoms with Crippen molar-refractivity contribution in [2.45, 2.75) is 6.92 Å². The summed E-state index contributed by atoms with van der Waals surface area (Å²) < 4.78 is 7.16. The number of hydrogen-bond donors (Lipinski definition) is 1. The van der Waals surface area contributed by atoms with E-state index in [9.17, 15) is 0 Å². The Kier molecular flexibility index (Phi) is 5.25. The van der Waals surface area contributed by atoms with Crippen LogP contribution in [-0.2, 0) is 0 Å². The van der Waals surface area contributed by atoms with Crippen LogP contribution in [0.4, 0.5) is 11.4 Å². The Balaban J connectivity index is 2.07. The summed E-state index contributed by atoms with van der Waals surface area (Å²) in [5.41, 5.74) is 3.78. The maximum Gasteiger partial charge on any atom is 0.158 e. The third-order valence-electron chi connectivity index (χ3n) is 3.63. The summed E-state index contributed by atoms with van der Waals surface area (Å²) in [6.07, 6.45) is 0. The molecule has 0 fully saturated rings. The molecular weight excluding hydrogens is 352 g/mol. The van der Waals surface area contributed by atoms with E-state index in [-0.39, 0.29) is 0 Å². The van der Waals surface area contributed by atoms with Crippen molar-refractivity contribution in [3.8, 4) is 17.0 Å². The van der Waals surface area contributed by atoms with Crippen molar-refractivity contribution in [3.05, 3.63) is 60.3 Å². The third-order valence-corrected chi connectivity index (χ3v) is 3.99. The third kappa shape index (κ3) is 3.78. The molecule has 0 saturated carbocycles. The lowest BCUT2D eigenvalue weighted by Gasteiger charge is -2.00. The minimum atomic E-state index is 0.359. The molecule has 0 radical (unpaired) electrons. The molecule has 0 saturated heterocycles. The molecule has 0 amide bonds. The number of hydrogen-bond acceptors (Lipinski definition) is 5. The van der Waals surface area contributed by atoms with Gasteiger partial charge in [0.25, 0.3) is 0 Å². The summed E-state index contributed by atoms with van der Waals surface area (Å²) in [6.45, 7) is 1.89. The highest BCUT2D eigenvalue weighted by molar-refractivity contribution is 8.11. The fraction of sp³-hybridized carbons (Fsp3) is 0.111. The topological polar surface area (TPSA) is 51.8 Å². The second-order valence-electron chi connectivity index (χ2n) is 5.24. The summed E-state index contributed by atoms with van der Waals surface area (Å²) in [6, 6.07) is 17.2. The summed E-state index contributed by atoms with van der Waals surface area (Å²) in [4.78, 5) is 0. The van der Waals surface area contributed by atoms with Gasteiger partial charge in [0, 0.05) is 11.6 Å². The maximum absolute atomic E-state index is 5.21. The maximum atomic E-state index is 5.21. The fourth-order valence-electron chi connectivity index (χ4n) is 2.37. The highest BCUT2D eigenvalue weighted by atomic mass is 32.1. The van der Waals surface area contributed by atoms with Gasteiger partial charge < -0.3 is 4.74 Å². The minimum Gasteiger partial charge on any atom is -0.497 e. The molecule has 0 spiro atoms. The first-order chi connectivity index (χ1) is 12.1. The lowest BCUT2D eigenvalue weighted by Crippen LogP contribution is -2.05. The molecular formula is C18H16N4OS2. The highest BCUT2D eigenvalue weighted by Crippen LogP contribution is 2.34. The number of methoxy groups -OCH3 is 1. The van der Waals surface area contributed by atoms with E-state index in [1.807, 2.05) is 61.5 Å². The molecule has 7 heteroatoms. The van der Waals surface area contributed by atoms with Crippen LogP contribution in [0.2, 0.25) is 0 Å². The number of thiocarbonyl (C=S) groups is 1. The van der Waals surface area contributed by atoms with Gasteiger partial charge in [0.1, 0.15) is 17.1 Å². The number of ether oxygens (including phenoxy) is 1. The molecule has 0 aliphatic carbocycles. The SMILES string of the molecule is COc1cccc(N=Nc2c(-c3ccccc3)nn(C(=S)S)c2C)c1. The van der Waals surface area contributed by atoms with Gasteiger partial charge in [-0.15, -0.1) is 17.7 Å². The van der Waals surface area contributed by atoms with E-state index >= 15 is 0 Å². The summed E-state index contributed by atoms with van der Waals surface area (Å²) in [5.74, 6) is 0.726. The van der Waals surface area contributed by atoms with Crippen molar-refractivity contribution >= 4 is 40.5 Å². The van der Waals surface area contributed by atoms with Gasteiger partial charge in [0.05, 0.1) is 18.5 Å². The van der Waals surface area contributed by atoms with E-state index in [4.69, 9.17) is 17.0 Å². The average molecular weight is 368 g/mol.